The highest BCUT2D eigenvalue weighted by Gasteiger charge is 2.11. The molecule has 1 N–H and O–H groups in total. The number of fused-ring (bicyclic) bond motifs is 1. The van der Waals surface area contributed by atoms with Crippen molar-refractivity contribution in [3.8, 4) is 0 Å². The van der Waals surface area contributed by atoms with E-state index in [0.29, 0.717) is 10.5 Å². The van der Waals surface area contributed by atoms with E-state index >= 15 is 0 Å². The molecule has 1 atom stereocenters. The Hall–Kier alpha value is -2.08. The van der Waals surface area contributed by atoms with Gasteiger partial charge in [0.25, 0.3) is 0 Å². The molecule has 2 heterocycles. The number of nitrogens with one attached hydrogen (secondary N) is 1. The van der Waals surface area contributed by atoms with Crippen LogP contribution in [0.3, 0.4) is 0 Å². The van der Waals surface area contributed by atoms with Crippen molar-refractivity contribution in [3.63, 3.8) is 0 Å². The van der Waals surface area contributed by atoms with Gasteiger partial charge >= 0.3 is 0 Å². The van der Waals surface area contributed by atoms with E-state index in [0.717, 1.165) is 5.52 Å². The highest BCUT2D eigenvalue weighted by Crippen LogP contribution is 2.13. The van der Waals surface area contributed by atoms with Gasteiger partial charge in [-0.25, -0.2) is 14.2 Å². The van der Waals surface area contributed by atoms with Crippen LogP contribution in [0.1, 0.15) is 0 Å². The summed E-state index contributed by atoms with van der Waals surface area (Å²) in [5, 5.41) is 0.274. The second-order valence-corrected chi connectivity index (χ2v) is 4.75. The largest absolute Gasteiger partial charge is 0.342 e. The van der Waals surface area contributed by atoms with Crippen molar-refractivity contribution in [1.82, 2.24) is 19.9 Å². The molecule has 6 heteroatoms. The Labute approximate surface area is 99.4 Å². The molecule has 0 radical (unpaired) electrons. The van der Waals surface area contributed by atoms with Crippen LogP contribution in [0.15, 0.2) is 52.9 Å². The molecule has 0 spiro atoms. The molecule has 0 saturated carbocycles. The van der Waals surface area contributed by atoms with Crippen molar-refractivity contribution in [2.75, 3.05) is 0 Å². The van der Waals surface area contributed by atoms with Crippen LogP contribution < -0.4 is 0 Å². The third-order valence-electron chi connectivity index (χ3n) is 2.28. The first-order valence-electron chi connectivity index (χ1n) is 4.97. The van der Waals surface area contributed by atoms with Crippen LogP contribution in [0.2, 0.25) is 0 Å². The normalized spacial score (nSPS) is 12.7. The maximum absolute atomic E-state index is 12.2. The highest BCUT2D eigenvalue weighted by atomic mass is 32.2. The minimum Gasteiger partial charge on any atom is -0.342 e. The zero-order chi connectivity index (χ0) is 11.7. The molecule has 0 aliphatic heterocycles. The van der Waals surface area contributed by atoms with Crippen molar-refractivity contribution >= 4 is 22.0 Å². The summed E-state index contributed by atoms with van der Waals surface area (Å²) >= 11 is 0. The lowest BCUT2D eigenvalue weighted by atomic mass is 10.4. The van der Waals surface area contributed by atoms with Crippen LogP contribution in [0.25, 0.3) is 11.2 Å². The van der Waals surface area contributed by atoms with Crippen LogP contribution in [-0.2, 0) is 10.8 Å². The van der Waals surface area contributed by atoms with Crippen LogP contribution >= 0.6 is 0 Å². The minimum atomic E-state index is -1.36. The number of nitrogens with zero attached hydrogens (tertiary/aromatic N) is 3. The first kappa shape index (κ1) is 10.1. The molecule has 5 nitrogen and oxygen atoms in total. The smallest absolute Gasteiger partial charge is 0.225 e. The van der Waals surface area contributed by atoms with Gasteiger partial charge < -0.3 is 4.98 Å². The van der Waals surface area contributed by atoms with Gasteiger partial charge in [-0.1, -0.05) is 18.2 Å². The maximum Gasteiger partial charge on any atom is 0.225 e. The van der Waals surface area contributed by atoms with E-state index in [1.165, 1.54) is 6.33 Å². The monoisotopic (exact) mass is 244 g/mol. The third-order valence-corrected chi connectivity index (χ3v) is 3.51. The molecule has 0 amide bonds. The number of aromatic amines is 1. The summed E-state index contributed by atoms with van der Waals surface area (Å²) in [6.45, 7) is 0. The molecule has 0 aliphatic carbocycles. The molecular weight excluding hydrogens is 236 g/mol. The SMILES string of the molecule is O=S(c1ccccc1)c1ncc2[nH]cnc2n1. The Morgan fingerprint density at radius 2 is 1.94 bits per heavy atom. The van der Waals surface area contributed by atoms with Gasteiger partial charge in [-0.3, -0.25) is 0 Å². The molecule has 17 heavy (non-hydrogen) atoms. The summed E-state index contributed by atoms with van der Waals surface area (Å²) in [6.07, 6.45) is 3.13. The second kappa shape index (κ2) is 4.06. The van der Waals surface area contributed by atoms with Gasteiger partial charge in [0.15, 0.2) is 5.65 Å². The average Bonchev–Trinajstić information content (AvgIpc) is 2.86. The maximum atomic E-state index is 12.2. The Morgan fingerprint density at radius 1 is 1.12 bits per heavy atom. The van der Waals surface area contributed by atoms with E-state index in [1.54, 1.807) is 18.3 Å². The number of benzene rings is 1. The predicted octanol–water partition coefficient (Wildman–Crippen LogP) is 1.52. The Morgan fingerprint density at radius 3 is 2.76 bits per heavy atom. The van der Waals surface area contributed by atoms with E-state index in [4.69, 9.17) is 0 Å². The molecule has 0 bridgehead atoms. The molecule has 84 valence electrons. The van der Waals surface area contributed by atoms with Crippen molar-refractivity contribution in [2.45, 2.75) is 10.1 Å². The topological polar surface area (TPSA) is 71.5 Å². The van der Waals surface area contributed by atoms with Crippen LogP contribution in [0, 0.1) is 0 Å². The molecule has 0 aliphatic rings. The lowest BCUT2D eigenvalue weighted by Crippen LogP contribution is -1.99. The molecule has 0 saturated heterocycles. The Kier molecular flexibility index (Phi) is 2.41. The summed E-state index contributed by atoms with van der Waals surface area (Å²) in [4.78, 5) is 15.8. The lowest BCUT2D eigenvalue weighted by Gasteiger charge is -1.99. The molecule has 3 rings (SSSR count). The summed E-state index contributed by atoms with van der Waals surface area (Å²) in [5.41, 5.74) is 1.26. The zero-order valence-electron chi connectivity index (χ0n) is 8.70. The van der Waals surface area contributed by atoms with Crippen molar-refractivity contribution in [2.24, 2.45) is 0 Å². The molecule has 3 aromatic rings. The van der Waals surface area contributed by atoms with Gasteiger partial charge in [-0.2, -0.15) is 4.98 Å². The number of imidazole rings is 1. The fraction of sp³-hybridized carbons (Fsp3) is 0. The fourth-order valence-corrected chi connectivity index (χ4v) is 2.39. The van der Waals surface area contributed by atoms with E-state index in [1.807, 2.05) is 18.2 Å². The van der Waals surface area contributed by atoms with Gasteiger partial charge in [0, 0.05) is 4.90 Å². The Bertz CT molecular complexity index is 680. The standard InChI is InChI=1S/C11H8N4OS/c16-17(8-4-2-1-3-5-8)11-12-6-9-10(15-11)14-7-13-9/h1-7H,(H,12,13,14,15). The fourth-order valence-electron chi connectivity index (χ4n) is 1.46. The van der Waals surface area contributed by atoms with Crippen molar-refractivity contribution in [1.29, 1.82) is 0 Å². The van der Waals surface area contributed by atoms with Gasteiger partial charge in [0.2, 0.25) is 5.16 Å². The molecule has 1 aromatic carbocycles. The molecule has 1 unspecified atom stereocenters. The van der Waals surface area contributed by atoms with Crippen LogP contribution in [0.4, 0.5) is 0 Å². The third kappa shape index (κ3) is 1.83. The first-order valence-corrected chi connectivity index (χ1v) is 6.12. The average molecular weight is 244 g/mol. The number of aromatic nitrogens is 4. The summed E-state index contributed by atoms with van der Waals surface area (Å²) in [7, 11) is -1.36. The Balaban J connectivity index is 2.06. The molecule has 0 fully saturated rings. The van der Waals surface area contributed by atoms with E-state index in [9.17, 15) is 4.21 Å². The number of H-pyrrole nitrogens is 1. The van der Waals surface area contributed by atoms with Gasteiger partial charge in [0.1, 0.15) is 16.3 Å². The summed E-state index contributed by atoms with van der Waals surface area (Å²) in [5.74, 6) is 0. The van der Waals surface area contributed by atoms with Crippen LogP contribution in [-0.4, -0.2) is 24.1 Å². The number of rotatable bonds is 2. The quantitative estimate of drug-likeness (QED) is 0.694. The minimum absolute atomic E-state index is 0.274. The summed E-state index contributed by atoms with van der Waals surface area (Å²) in [6, 6.07) is 9.11. The second-order valence-electron chi connectivity index (χ2n) is 3.37. The summed E-state index contributed by atoms with van der Waals surface area (Å²) < 4.78 is 12.2. The van der Waals surface area contributed by atoms with Gasteiger partial charge in [-0.05, 0) is 12.1 Å². The zero-order valence-corrected chi connectivity index (χ0v) is 9.52. The van der Waals surface area contributed by atoms with Crippen LogP contribution in [0.5, 0.6) is 0 Å². The molecule has 2 aromatic heterocycles. The van der Waals surface area contributed by atoms with E-state index in [-0.39, 0.29) is 5.16 Å². The molecular formula is C11H8N4OS. The predicted molar refractivity (Wildman–Crippen MR) is 62.8 cm³/mol. The number of hydrogen-bond acceptors (Lipinski definition) is 4. The van der Waals surface area contributed by atoms with Crippen molar-refractivity contribution in [3.05, 3.63) is 42.9 Å². The van der Waals surface area contributed by atoms with E-state index < -0.39 is 10.8 Å². The number of hydrogen-bond donors (Lipinski definition) is 1. The highest BCUT2D eigenvalue weighted by molar-refractivity contribution is 7.84. The van der Waals surface area contributed by atoms with E-state index in [2.05, 4.69) is 19.9 Å². The van der Waals surface area contributed by atoms with Crippen molar-refractivity contribution < 1.29 is 4.21 Å². The first-order chi connectivity index (χ1) is 8.34. The van der Waals surface area contributed by atoms with Gasteiger partial charge in [0.05, 0.1) is 12.5 Å². The van der Waals surface area contributed by atoms with Gasteiger partial charge in [-0.15, -0.1) is 0 Å². The lowest BCUT2D eigenvalue weighted by molar-refractivity contribution is 0.676.